The second kappa shape index (κ2) is 7.61. The first kappa shape index (κ1) is 19.0. The van der Waals surface area contributed by atoms with Crippen molar-refractivity contribution in [3.05, 3.63) is 69.3 Å². The van der Waals surface area contributed by atoms with E-state index in [0.29, 0.717) is 27.0 Å². The average Bonchev–Trinajstić information content (AvgIpc) is 2.96. The van der Waals surface area contributed by atoms with Crippen LogP contribution >= 0.6 is 23.2 Å². The summed E-state index contributed by atoms with van der Waals surface area (Å²) in [7, 11) is 0. The first-order valence-electron chi connectivity index (χ1n) is 9.37. The molecule has 4 rings (SSSR count). The Kier molecular flexibility index (Phi) is 5.17. The standard InChI is InChI=1S/C22H20Cl2N2O2/c1-14-5-7-15(8-6-14)19-20(25-11-3-2-4-12-25)22(28)26(21(19)27)16-9-10-17(23)18(24)13-16/h5-10,13H,2-4,11-12H2,1H3. The molecule has 4 nitrogen and oxygen atoms in total. The molecule has 0 aliphatic carbocycles. The zero-order chi connectivity index (χ0) is 19.8. The fourth-order valence-corrected chi connectivity index (χ4v) is 4.06. The normalized spacial score (nSPS) is 17.7. The smallest absolute Gasteiger partial charge is 0.282 e. The molecule has 0 atom stereocenters. The summed E-state index contributed by atoms with van der Waals surface area (Å²) in [6.45, 7) is 3.55. The van der Waals surface area contributed by atoms with Crippen LogP contribution < -0.4 is 4.90 Å². The van der Waals surface area contributed by atoms with Gasteiger partial charge in [-0.1, -0.05) is 53.0 Å². The number of aryl methyl sites for hydroxylation is 1. The SMILES string of the molecule is Cc1ccc(C2=C(N3CCCCC3)C(=O)N(c3ccc(Cl)c(Cl)c3)C2=O)cc1. The number of hydrogen-bond acceptors (Lipinski definition) is 3. The van der Waals surface area contributed by atoms with Gasteiger partial charge >= 0.3 is 0 Å². The second-order valence-corrected chi connectivity index (χ2v) is 8.00. The number of rotatable bonds is 3. The molecule has 6 heteroatoms. The molecule has 2 aromatic rings. The molecule has 2 aromatic carbocycles. The van der Waals surface area contributed by atoms with Gasteiger partial charge in [-0.25, -0.2) is 4.90 Å². The van der Waals surface area contributed by atoms with E-state index in [4.69, 9.17) is 23.2 Å². The van der Waals surface area contributed by atoms with Crippen molar-refractivity contribution in [2.45, 2.75) is 26.2 Å². The number of likely N-dealkylation sites (tertiary alicyclic amines) is 1. The summed E-state index contributed by atoms with van der Waals surface area (Å²) >= 11 is 12.1. The van der Waals surface area contributed by atoms with Crippen LogP contribution in [0.25, 0.3) is 5.57 Å². The van der Waals surface area contributed by atoms with Gasteiger partial charge in [-0.3, -0.25) is 9.59 Å². The summed E-state index contributed by atoms with van der Waals surface area (Å²) in [6.07, 6.45) is 3.17. The van der Waals surface area contributed by atoms with Crippen molar-refractivity contribution in [2.24, 2.45) is 0 Å². The minimum absolute atomic E-state index is 0.305. The number of imide groups is 1. The molecule has 2 heterocycles. The molecule has 0 aromatic heterocycles. The number of piperidine rings is 1. The number of anilines is 1. The van der Waals surface area contributed by atoms with E-state index in [1.54, 1.807) is 18.2 Å². The maximum Gasteiger partial charge on any atom is 0.282 e. The molecule has 2 amide bonds. The molecule has 2 aliphatic heterocycles. The quantitative estimate of drug-likeness (QED) is 0.657. The molecule has 0 unspecified atom stereocenters. The van der Waals surface area contributed by atoms with Gasteiger partial charge < -0.3 is 4.90 Å². The number of benzene rings is 2. The molecule has 28 heavy (non-hydrogen) atoms. The topological polar surface area (TPSA) is 40.6 Å². The van der Waals surface area contributed by atoms with Crippen molar-refractivity contribution >= 4 is 46.3 Å². The molecule has 144 valence electrons. The highest BCUT2D eigenvalue weighted by atomic mass is 35.5. The lowest BCUT2D eigenvalue weighted by Crippen LogP contribution is -2.37. The van der Waals surface area contributed by atoms with Crippen LogP contribution in [0.4, 0.5) is 5.69 Å². The largest absolute Gasteiger partial charge is 0.366 e. The fourth-order valence-electron chi connectivity index (χ4n) is 3.77. The Morgan fingerprint density at radius 2 is 1.50 bits per heavy atom. The maximum atomic E-state index is 13.4. The van der Waals surface area contributed by atoms with Crippen LogP contribution in [-0.4, -0.2) is 29.8 Å². The Hall–Kier alpha value is -2.30. The Balaban J connectivity index is 1.82. The van der Waals surface area contributed by atoms with E-state index in [1.807, 2.05) is 31.2 Å². The van der Waals surface area contributed by atoms with Crippen LogP contribution in [0.15, 0.2) is 48.2 Å². The lowest BCUT2D eigenvalue weighted by atomic mass is 10.0. The first-order chi connectivity index (χ1) is 13.5. The van der Waals surface area contributed by atoms with E-state index < -0.39 is 0 Å². The Bertz CT molecular complexity index is 977. The summed E-state index contributed by atoms with van der Waals surface area (Å²) in [4.78, 5) is 30.0. The van der Waals surface area contributed by atoms with E-state index in [0.717, 1.165) is 43.5 Å². The van der Waals surface area contributed by atoms with Gasteiger partial charge in [0.2, 0.25) is 0 Å². The molecule has 1 saturated heterocycles. The summed E-state index contributed by atoms with van der Waals surface area (Å²) in [5, 5.41) is 0.690. The number of amides is 2. The van der Waals surface area contributed by atoms with Crippen molar-refractivity contribution in [3.8, 4) is 0 Å². The van der Waals surface area contributed by atoms with Crippen molar-refractivity contribution in [3.63, 3.8) is 0 Å². The van der Waals surface area contributed by atoms with Gasteiger partial charge in [-0.05, 0) is 49.9 Å². The van der Waals surface area contributed by atoms with Crippen LogP contribution in [0.1, 0.15) is 30.4 Å². The van der Waals surface area contributed by atoms with Gasteiger partial charge in [-0.2, -0.15) is 0 Å². The van der Waals surface area contributed by atoms with E-state index in [2.05, 4.69) is 4.90 Å². The van der Waals surface area contributed by atoms with Gasteiger partial charge in [-0.15, -0.1) is 0 Å². The predicted molar refractivity (Wildman–Crippen MR) is 112 cm³/mol. The molecule has 0 radical (unpaired) electrons. The minimum Gasteiger partial charge on any atom is -0.366 e. The lowest BCUT2D eigenvalue weighted by Gasteiger charge is -2.29. The van der Waals surface area contributed by atoms with Crippen molar-refractivity contribution in [1.29, 1.82) is 0 Å². The summed E-state index contributed by atoms with van der Waals surface area (Å²) < 4.78 is 0. The van der Waals surface area contributed by atoms with Gasteiger partial charge in [0, 0.05) is 13.1 Å². The highest BCUT2D eigenvalue weighted by Crippen LogP contribution is 2.37. The molecule has 2 aliphatic rings. The zero-order valence-electron chi connectivity index (χ0n) is 15.5. The third-order valence-electron chi connectivity index (χ3n) is 5.23. The minimum atomic E-state index is -0.326. The third kappa shape index (κ3) is 3.31. The van der Waals surface area contributed by atoms with Crippen LogP contribution in [-0.2, 0) is 9.59 Å². The van der Waals surface area contributed by atoms with E-state index in [-0.39, 0.29) is 11.8 Å². The number of hydrogen-bond donors (Lipinski definition) is 0. The summed E-state index contributed by atoms with van der Waals surface area (Å²) in [5.74, 6) is -0.631. The molecule has 0 bridgehead atoms. The van der Waals surface area contributed by atoms with Crippen molar-refractivity contribution < 1.29 is 9.59 Å². The number of halogens is 2. The Morgan fingerprint density at radius 3 is 2.14 bits per heavy atom. The second-order valence-electron chi connectivity index (χ2n) is 7.18. The summed E-state index contributed by atoms with van der Waals surface area (Å²) in [5.41, 5.74) is 3.23. The van der Waals surface area contributed by atoms with Crippen molar-refractivity contribution in [2.75, 3.05) is 18.0 Å². The number of nitrogens with zero attached hydrogens (tertiary/aromatic N) is 2. The molecule has 0 saturated carbocycles. The molecule has 0 N–H and O–H groups in total. The lowest BCUT2D eigenvalue weighted by molar-refractivity contribution is -0.120. The molecular formula is C22H20Cl2N2O2. The molecular weight excluding hydrogens is 395 g/mol. The number of carbonyl (C=O) groups is 2. The van der Waals surface area contributed by atoms with Crippen LogP contribution in [0, 0.1) is 6.92 Å². The highest BCUT2D eigenvalue weighted by Gasteiger charge is 2.42. The molecule has 1 fully saturated rings. The zero-order valence-corrected chi connectivity index (χ0v) is 17.1. The van der Waals surface area contributed by atoms with Gasteiger partial charge in [0.25, 0.3) is 11.8 Å². The third-order valence-corrected chi connectivity index (χ3v) is 5.97. The van der Waals surface area contributed by atoms with E-state index in [1.165, 1.54) is 4.90 Å². The Morgan fingerprint density at radius 1 is 0.821 bits per heavy atom. The van der Waals surface area contributed by atoms with Crippen LogP contribution in [0.5, 0.6) is 0 Å². The van der Waals surface area contributed by atoms with E-state index >= 15 is 0 Å². The monoisotopic (exact) mass is 414 g/mol. The van der Waals surface area contributed by atoms with Gasteiger partial charge in [0.15, 0.2) is 0 Å². The highest BCUT2D eigenvalue weighted by molar-refractivity contribution is 6.46. The molecule has 0 spiro atoms. The van der Waals surface area contributed by atoms with Crippen LogP contribution in [0.2, 0.25) is 10.0 Å². The predicted octanol–water partition coefficient (Wildman–Crippen LogP) is 5.07. The first-order valence-corrected chi connectivity index (χ1v) is 10.1. The summed E-state index contributed by atoms with van der Waals surface area (Å²) in [6, 6.07) is 12.5. The van der Waals surface area contributed by atoms with Gasteiger partial charge in [0.1, 0.15) is 5.70 Å². The van der Waals surface area contributed by atoms with E-state index in [9.17, 15) is 9.59 Å². The van der Waals surface area contributed by atoms with Crippen LogP contribution in [0.3, 0.4) is 0 Å². The average molecular weight is 415 g/mol. The maximum absolute atomic E-state index is 13.4. The van der Waals surface area contributed by atoms with Gasteiger partial charge in [0.05, 0.1) is 21.3 Å². The Labute approximate surface area is 174 Å². The number of carbonyl (C=O) groups excluding carboxylic acids is 2. The fraction of sp³-hybridized carbons (Fsp3) is 0.273. The van der Waals surface area contributed by atoms with Crippen molar-refractivity contribution in [1.82, 2.24) is 4.90 Å².